The average Bonchev–Trinajstić information content (AvgIpc) is 2.18. The lowest BCUT2D eigenvalue weighted by Crippen LogP contribution is -2.07. The summed E-state index contributed by atoms with van der Waals surface area (Å²) in [6, 6.07) is 13.2. The smallest absolute Gasteiger partial charge is 0.0192 e. The van der Waals surface area contributed by atoms with Crippen molar-refractivity contribution in [3.63, 3.8) is 0 Å². The van der Waals surface area contributed by atoms with Gasteiger partial charge in [0.15, 0.2) is 0 Å². The van der Waals surface area contributed by atoms with Gasteiger partial charge in [0.05, 0.1) is 0 Å². The van der Waals surface area contributed by atoms with Gasteiger partial charge in [-0.15, -0.1) is 0 Å². The third kappa shape index (κ3) is 1.85. The van der Waals surface area contributed by atoms with Crippen LogP contribution in [0, 0.1) is 0 Å². The maximum absolute atomic E-state index is 3.53. The molecule has 0 unspecified atom stereocenters. The molecule has 0 amide bonds. The molecule has 0 atom stereocenters. The Hall–Kier alpha value is -0.600. The molecule has 2 aromatic rings. The second kappa shape index (κ2) is 4.01. The molecule has 1 aliphatic carbocycles. The highest BCUT2D eigenvalue weighted by atomic mass is 79.9. The van der Waals surface area contributed by atoms with E-state index in [0.29, 0.717) is 0 Å². The molecule has 16 heavy (non-hydrogen) atoms. The lowest BCUT2D eigenvalue weighted by Gasteiger charge is -2.19. The minimum atomic E-state index is 1.11. The fourth-order valence-corrected chi connectivity index (χ4v) is 3.39. The third-order valence-electron chi connectivity index (χ3n) is 3.07. The Balaban J connectivity index is 2.10. The fourth-order valence-electron chi connectivity index (χ4n) is 2.10. The standard InChI is InChI=1S/C14H10Br2/c15-13-6-12(7-14(16)8-13)11-4-2-9-1-3-10(9)5-11/h2,4-8H,1,3H2. The molecule has 3 rings (SSSR count). The molecule has 0 spiro atoms. The molecule has 1 aliphatic rings. The first-order valence-electron chi connectivity index (χ1n) is 5.31. The molecule has 0 fully saturated rings. The van der Waals surface area contributed by atoms with Crippen molar-refractivity contribution >= 4 is 31.9 Å². The lowest BCUT2D eigenvalue weighted by molar-refractivity contribution is 0.840. The number of rotatable bonds is 1. The van der Waals surface area contributed by atoms with Crippen molar-refractivity contribution in [2.75, 3.05) is 0 Å². The fraction of sp³-hybridized carbons (Fsp3) is 0.143. The van der Waals surface area contributed by atoms with E-state index in [1.807, 2.05) is 0 Å². The van der Waals surface area contributed by atoms with Gasteiger partial charge in [-0.25, -0.2) is 0 Å². The van der Waals surface area contributed by atoms with Crippen LogP contribution in [-0.4, -0.2) is 0 Å². The van der Waals surface area contributed by atoms with Gasteiger partial charge in [-0.1, -0.05) is 50.1 Å². The predicted molar refractivity (Wildman–Crippen MR) is 74.7 cm³/mol. The zero-order chi connectivity index (χ0) is 11.1. The second-order valence-corrected chi connectivity index (χ2v) is 5.97. The SMILES string of the molecule is Brc1cc(Br)cc(-c2ccc3c(c2)CC3)c1. The summed E-state index contributed by atoms with van der Waals surface area (Å²) < 4.78 is 2.22. The average molecular weight is 338 g/mol. The zero-order valence-corrected chi connectivity index (χ0v) is 11.8. The van der Waals surface area contributed by atoms with Gasteiger partial charge in [0.2, 0.25) is 0 Å². The van der Waals surface area contributed by atoms with E-state index in [1.165, 1.54) is 35.1 Å². The number of fused-ring (bicyclic) bond motifs is 1. The summed E-state index contributed by atoms with van der Waals surface area (Å²) in [4.78, 5) is 0. The van der Waals surface area contributed by atoms with Crippen LogP contribution in [0.1, 0.15) is 11.1 Å². The number of benzene rings is 2. The predicted octanol–water partition coefficient (Wildman–Crippen LogP) is 4.98. The van der Waals surface area contributed by atoms with E-state index in [-0.39, 0.29) is 0 Å². The van der Waals surface area contributed by atoms with Gasteiger partial charge in [0, 0.05) is 8.95 Å². The molecule has 0 saturated heterocycles. The van der Waals surface area contributed by atoms with E-state index in [0.717, 1.165) is 8.95 Å². The maximum atomic E-state index is 3.53. The number of aryl methyl sites for hydroxylation is 2. The van der Waals surface area contributed by atoms with Crippen LogP contribution in [0.3, 0.4) is 0 Å². The topological polar surface area (TPSA) is 0 Å². The second-order valence-electron chi connectivity index (χ2n) is 4.14. The zero-order valence-electron chi connectivity index (χ0n) is 8.63. The van der Waals surface area contributed by atoms with Gasteiger partial charge in [-0.2, -0.15) is 0 Å². The van der Waals surface area contributed by atoms with Gasteiger partial charge in [-0.05, 0) is 53.3 Å². The van der Waals surface area contributed by atoms with Crippen LogP contribution >= 0.6 is 31.9 Å². The van der Waals surface area contributed by atoms with Crippen molar-refractivity contribution in [2.24, 2.45) is 0 Å². The van der Waals surface area contributed by atoms with E-state index >= 15 is 0 Å². The molecule has 2 heteroatoms. The summed E-state index contributed by atoms with van der Waals surface area (Å²) in [6.45, 7) is 0. The Kier molecular flexibility index (Phi) is 2.64. The first-order valence-corrected chi connectivity index (χ1v) is 6.89. The van der Waals surface area contributed by atoms with Crippen molar-refractivity contribution < 1.29 is 0 Å². The Morgan fingerprint density at radius 1 is 0.688 bits per heavy atom. The van der Waals surface area contributed by atoms with Gasteiger partial charge in [0.25, 0.3) is 0 Å². The summed E-state index contributed by atoms with van der Waals surface area (Å²) in [5, 5.41) is 0. The highest BCUT2D eigenvalue weighted by molar-refractivity contribution is 9.11. The monoisotopic (exact) mass is 336 g/mol. The van der Waals surface area contributed by atoms with Crippen molar-refractivity contribution in [1.29, 1.82) is 0 Å². The number of hydrogen-bond acceptors (Lipinski definition) is 0. The first-order chi connectivity index (χ1) is 7.72. The highest BCUT2D eigenvalue weighted by Crippen LogP contribution is 2.31. The van der Waals surface area contributed by atoms with Crippen molar-refractivity contribution in [2.45, 2.75) is 12.8 Å². The molecule has 80 valence electrons. The number of halogens is 2. The first kappa shape index (κ1) is 10.5. The molecular weight excluding hydrogens is 328 g/mol. The van der Waals surface area contributed by atoms with Crippen LogP contribution < -0.4 is 0 Å². The molecule has 0 aliphatic heterocycles. The number of hydrogen-bond donors (Lipinski definition) is 0. The summed E-state index contributed by atoms with van der Waals surface area (Å²) in [6.07, 6.45) is 2.48. The van der Waals surface area contributed by atoms with Gasteiger partial charge >= 0.3 is 0 Å². The molecule has 0 saturated carbocycles. The van der Waals surface area contributed by atoms with E-state index in [2.05, 4.69) is 68.3 Å². The molecule has 2 aromatic carbocycles. The van der Waals surface area contributed by atoms with Crippen LogP contribution in [0.2, 0.25) is 0 Å². The van der Waals surface area contributed by atoms with Crippen molar-refractivity contribution in [1.82, 2.24) is 0 Å². The minimum absolute atomic E-state index is 1.11. The van der Waals surface area contributed by atoms with Crippen molar-refractivity contribution in [3.05, 3.63) is 56.5 Å². The quantitative estimate of drug-likeness (QED) is 0.688. The molecule has 0 radical (unpaired) electrons. The van der Waals surface area contributed by atoms with E-state index in [9.17, 15) is 0 Å². The molecule has 0 nitrogen and oxygen atoms in total. The Labute approximate surface area is 112 Å². The third-order valence-corrected chi connectivity index (χ3v) is 3.98. The Morgan fingerprint density at radius 2 is 1.38 bits per heavy atom. The largest absolute Gasteiger partial charge is 0.0581 e. The normalized spacial score (nSPS) is 13.1. The van der Waals surface area contributed by atoms with E-state index < -0.39 is 0 Å². The summed E-state index contributed by atoms with van der Waals surface area (Å²) in [5.41, 5.74) is 5.59. The van der Waals surface area contributed by atoms with Crippen LogP contribution in [0.15, 0.2) is 45.3 Å². The highest BCUT2D eigenvalue weighted by Gasteiger charge is 2.13. The van der Waals surface area contributed by atoms with Gasteiger partial charge in [0.1, 0.15) is 0 Å². The van der Waals surface area contributed by atoms with Crippen LogP contribution in [0.25, 0.3) is 11.1 Å². The molecule has 0 bridgehead atoms. The maximum Gasteiger partial charge on any atom is 0.0192 e. The Morgan fingerprint density at radius 3 is 1.94 bits per heavy atom. The summed E-state index contributed by atoms with van der Waals surface area (Å²) in [5.74, 6) is 0. The van der Waals surface area contributed by atoms with E-state index in [1.54, 1.807) is 0 Å². The molecule has 0 heterocycles. The van der Waals surface area contributed by atoms with Crippen molar-refractivity contribution in [3.8, 4) is 11.1 Å². The molecule has 0 N–H and O–H groups in total. The van der Waals surface area contributed by atoms with Crippen LogP contribution in [-0.2, 0) is 12.8 Å². The molecular formula is C14H10Br2. The Bertz CT molecular complexity index is 538. The summed E-state index contributed by atoms with van der Waals surface area (Å²) >= 11 is 7.05. The van der Waals surface area contributed by atoms with Crippen LogP contribution in [0.4, 0.5) is 0 Å². The minimum Gasteiger partial charge on any atom is -0.0581 e. The lowest BCUT2D eigenvalue weighted by atomic mass is 9.86. The van der Waals surface area contributed by atoms with Gasteiger partial charge in [-0.3, -0.25) is 0 Å². The molecule has 0 aromatic heterocycles. The van der Waals surface area contributed by atoms with Crippen LogP contribution in [0.5, 0.6) is 0 Å². The summed E-state index contributed by atoms with van der Waals surface area (Å²) in [7, 11) is 0. The van der Waals surface area contributed by atoms with Gasteiger partial charge < -0.3 is 0 Å². The van der Waals surface area contributed by atoms with E-state index in [4.69, 9.17) is 0 Å².